The van der Waals surface area contributed by atoms with Crippen LogP contribution < -0.4 is 10.6 Å². The number of carbonyl (C=O) groups excluding carboxylic acids is 1. The first-order valence-corrected chi connectivity index (χ1v) is 7.45. The zero-order valence-corrected chi connectivity index (χ0v) is 12.6. The van der Waals surface area contributed by atoms with E-state index in [2.05, 4.69) is 16.7 Å². The van der Waals surface area contributed by atoms with E-state index in [9.17, 15) is 4.79 Å². The molecule has 3 rings (SSSR count). The Labute approximate surface area is 129 Å². The molecule has 0 aliphatic carbocycles. The zero-order valence-electron chi connectivity index (χ0n) is 11.9. The first kappa shape index (κ1) is 14.0. The molecule has 0 aromatic heterocycles. The largest absolute Gasteiger partial charge is 0.385 e. The lowest BCUT2D eigenvalue weighted by atomic mass is 10.0. The quantitative estimate of drug-likeness (QED) is 0.870. The second-order valence-electron chi connectivity index (χ2n) is 5.32. The van der Waals surface area contributed by atoms with Crippen molar-refractivity contribution in [2.75, 3.05) is 17.2 Å². The van der Waals surface area contributed by atoms with E-state index in [1.165, 1.54) is 5.56 Å². The molecule has 3 nitrogen and oxygen atoms in total. The second kappa shape index (κ2) is 5.78. The first-order chi connectivity index (χ1) is 10.1. The maximum absolute atomic E-state index is 12.3. The Balaban J connectivity index is 1.81. The van der Waals surface area contributed by atoms with Gasteiger partial charge in [-0.15, -0.1) is 0 Å². The normalized spacial score (nSPS) is 13.2. The van der Waals surface area contributed by atoms with Crippen LogP contribution in [0.5, 0.6) is 0 Å². The molecule has 2 aromatic carbocycles. The zero-order chi connectivity index (χ0) is 14.8. The molecule has 1 amide bonds. The standard InChI is InChI=1S/C17H17ClN2O/c1-11-9-13(18)5-7-15(11)17(21)20-14-6-4-12-3-2-8-19-16(12)10-14/h4-7,9-10,19H,2-3,8H2,1H3,(H,20,21). The van der Waals surface area contributed by atoms with Crippen LogP contribution in [0, 0.1) is 6.92 Å². The van der Waals surface area contributed by atoms with Gasteiger partial charge in [0.1, 0.15) is 0 Å². The van der Waals surface area contributed by atoms with Gasteiger partial charge in [-0.05, 0) is 61.2 Å². The highest BCUT2D eigenvalue weighted by Gasteiger charge is 2.12. The van der Waals surface area contributed by atoms with Crippen molar-refractivity contribution in [3.8, 4) is 0 Å². The number of fused-ring (bicyclic) bond motifs is 1. The maximum atomic E-state index is 12.3. The molecule has 108 valence electrons. The predicted molar refractivity (Wildman–Crippen MR) is 87.4 cm³/mol. The summed E-state index contributed by atoms with van der Waals surface area (Å²) in [5, 5.41) is 6.95. The molecule has 21 heavy (non-hydrogen) atoms. The predicted octanol–water partition coefficient (Wildman–Crippen LogP) is 4.26. The Hall–Kier alpha value is -2.00. The fourth-order valence-corrected chi connectivity index (χ4v) is 2.85. The lowest BCUT2D eigenvalue weighted by molar-refractivity contribution is 0.102. The molecule has 2 aromatic rings. The van der Waals surface area contributed by atoms with E-state index < -0.39 is 0 Å². The van der Waals surface area contributed by atoms with Gasteiger partial charge in [0.15, 0.2) is 0 Å². The number of amides is 1. The Morgan fingerprint density at radius 2 is 2.10 bits per heavy atom. The van der Waals surface area contributed by atoms with Crippen LogP contribution in [-0.4, -0.2) is 12.5 Å². The number of benzene rings is 2. The summed E-state index contributed by atoms with van der Waals surface area (Å²) in [5.41, 5.74) is 4.75. The second-order valence-corrected chi connectivity index (χ2v) is 5.75. The number of hydrogen-bond donors (Lipinski definition) is 2. The van der Waals surface area contributed by atoms with Crippen LogP contribution >= 0.6 is 11.6 Å². The lowest BCUT2D eigenvalue weighted by Gasteiger charge is -2.19. The average Bonchev–Trinajstić information content (AvgIpc) is 2.47. The summed E-state index contributed by atoms with van der Waals surface area (Å²) in [7, 11) is 0. The van der Waals surface area contributed by atoms with E-state index in [1.54, 1.807) is 18.2 Å². The van der Waals surface area contributed by atoms with E-state index in [0.717, 1.165) is 36.3 Å². The van der Waals surface area contributed by atoms with Crippen LogP contribution in [-0.2, 0) is 6.42 Å². The third-order valence-corrected chi connectivity index (χ3v) is 3.97. The minimum absolute atomic E-state index is 0.111. The number of halogens is 1. The van der Waals surface area contributed by atoms with Crippen molar-refractivity contribution in [2.45, 2.75) is 19.8 Å². The molecule has 0 atom stereocenters. The molecule has 1 aliphatic heterocycles. The van der Waals surface area contributed by atoms with Crippen molar-refractivity contribution in [1.29, 1.82) is 0 Å². The average molecular weight is 301 g/mol. The SMILES string of the molecule is Cc1cc(Cl)ccc1C(=O)Nc1ccc2c(c1)NCCC2. The van der Waals surface area contributed by atoms with E-state index in [1.807, 2.05) is 19.1 Å². The number of anilines is 2. The van der Waals surface area contributed by atoms with Crippen LogP contribution in [0.4, 0.5) is 11.4 Å². The molecule has 1 heterocycles. The minimum atomic E-state index is -0.111. The van der Waals surface area contributed by atoms with Crippen molar-refractivity contribution in [3.05, 3.63) is 58.1 Å². The summed E-state index contributed by atoms with van der Waals surface area (Å²) in [5.74, 6) is -0.111. The smallest absolute Gasteiger partial charge is 0.255 e. The molecule has 0 fully saturated rings. The van der Waals surface area contributed by atoms with E-state index in [0.29, 0.717) is 10.6 Å². The highest BCUT2D eigenvalue weighted by molar-refractivity contribution is 6.30. The van der Waals surface area contributed by atoms with Crippen LogP contribution in [0.1, 0.15) is 27.9 Å². The topological polar surface area (TPSA) is 41.1 Å². The van der Waals surface area contributed by atoms with Gasteiger partial charge in [0.05, 0.1) is 0 Å². The van der Waals surface area contributed by atoms with Gasteiger partial charge in [0.25, 0.3) is 5.91 Å². The monoisotopic (exact) mass is 300 g/mol. The minimum Gasteiger partial charge on any atom is -0.385 e. The Kier molecular flexibility index (Phi) is 3.84. The van der Waals surface area contributed by atoms with Gasteiger partial charge >= 0.3 is 0 Å². The summed E-state index contributed by atoms with van der Waals surface area (Å²) in [6.45, 7) is 2.87. The van der Waals surface area contributed by atoms with Gasteiger partial charge in [-0.25, -0.2) is 0 Å². The van der Waals surface area contributed by atoms with Crippen molar-refractivity contribution >= 4 is 28.9 Å². The molecule has 2 N–H and O–H groups in total. The van der Waals surface area contributed by atoms with Gasteiger partial charge < -0.3 is 10.6 Å². The molecule has 0 saturated heterocycles. The molecule has 0 unspecified atom stereocenters. The van der Waals surface area contributed by atoms with Gasteiger partial charge in [0.2, 0.25) is 0 Å². The molecular formula is C17H17ClN2O. The molecule has 4 heteroatoms. The Bertz CT molecular complexity index is 697. The van der Waals surface area contributed by atoms with Crippen LogP contribution in [0.2, 0.25) is 5.02 Å². The third kappa shape index (κ3) is 3.03. The van der Waals surface area contributed by atoms with Crippen molar-refractivity contribution in [3.63, 3.8) is 0 Å². The van der Waals surface area contributed by atoms with E-state index >= 15 is 0 Å². The number of aryl methyl sites for hydroxylation is 2. The van der Waals surface area contributed by atoms with Gasteiger partial charge in [-0.3, -0.25) is 4.79 Å². The molecule has 0 bridgehead atoms. The van der Waals surface area contributed by atoms with E-state index in [4.69, 9.17) is 11.6 Å². The Morgan fingerprint density at radius 3 is 2.90 bits per heavy atom. The number of nitrogens with one attached hydrogen (secondary N) is 2. The molecular weight excluding hydrogens is 284 g/mol. The molecule has 0 saturated carbocycles. The van der Waals surface area contributed by atoms with Crippen molar-refractivity contribution in [2.24, 2.45) is 0 Å². The fourth-order valence-electron chi connectivity index (χ4n) is 2.62. The summed E-state index contributed by atoms with van der Waals surface area (Å²) in [6.07, 6.45) is 2.25. The first-order valence-electron chi connectivity index (χ1n) is 7.08. The highest BCUT2D eigenvalue weighted by atomic mass is 35.5. The van der Waals surface area contributed by atoms with Crippen LogP contribution in [0.15, 0.2) is 36.4 Å². The van der Waals surface area contributed by atoms with E-state index in [-0.39, 0.29) is 5.91 Å². The molecule has 1 aliphatic rings. The molecule has 0 radical (unpaired) electrons. The summed E-state index contributed by atoms with van der Waals surface area (Å²) in [4.78, 5) is 12.3. The Morgan fingerprint density at radius 1 is 1.24 bits per heavy atom. The molecule has 0 spiro atoms. The number of hydrogen-bond acceptors (Lipinski definition) is 2. The highest BCUT2D eigenvalue weighted by Crippen LogP contribution is 2.26. The summed E-state index contributed by atoms with van der Waals surface area (Å²) >= 11 is 5.92. The van der Waals surface area contributed by atoms with Crippen LogP contribution in [0.25, 0.3) is 0 Å². The van der Waals surface area contributed by atoms with Gasteiger partial charge in [-0.1, -0.05) is 17.7 Å². The maximum Gasteiger partial charge on any atom is 0.255 e. The van der Waals surface area contributed by atoms with Gasteiger partial charge in [-0.2, -0.15) is 0 Å². The van der Waals surface area contributed by atoms with Crippen LogP contribution in [0.3, 0.4) is 0 Å². The van der Waals surface area contributed by atoms with Crippen molar-refractivity contribution in [1.82, 2.24) is 0 Å². The van der Waals surface area contributed by atoms with Gasteiger partial charge in [0, 0.05) is 28.5 Å². The summed E-state index contributed by atoms with van der Waals surface area (Å²) in [6, 6.07) is 11.3. The fraction of sp³-hybridized carbons (Fsp3) is 0.235. The number of rotatable bonds is 2. The van der Waals surface area contributed by atoms with Crippen molar-refractivity contribution < 1.29 is 4.79 Å². The lowest BCUT2D eigenvalue weighted by Crippen LogP contribution is -2.15. The third-order valence-electron chi connectivity index (χ3n) is 3.74. The summed E-state index contributed by atoms with van der Waals surface area (Å²) < 4.78 is 0. The number of carbonyl (C=O) groups is 1.